The van der Waals surface area contributed by atoms with E-state index in [0.29, 0.717) is 25.9 Å². The van der Waals surface area contributed by atoms with Gasteiger partial charge in [-0.2, -0.15) is 0 Å². The Bertz CT molecular complexity index is 1080. The highest BCUT2D eigenvalue weighted by Gasteiger charge is 2.20. The second-order valence-corrected chi connectivity index (χ2v) is 24.2. The number of ether oxygens (including phenoxy) is 1. The Labute approximate surface area is 470 Å². The molecule has 6 heteroatoms. The third kappa shape index (κ3) is 61.9. The Morgan fingerprint density at radius 1 is 0.320 bits per heavy atom. The monoisotopic (exact) mass is 1060 g/mol. The maximum absolute atomic E-state index is 12.5. The van der Waals surface area contributed by atoms with Gasteiger partial charge in [-0.1, -0.05) is 367 Å². The van der Waals surface area contributed by atoms with Gasteiger partial charge in [0.2, 0.25) is 5.91 Å². The maximum atomic E-state index is 12.5. The van der Waals surface area contributed by atoms with Crippen molar-refractivity contribution < 1.29 is 24.5 Å². The van der Waals surface area contributed by atoms with E-state index in [4.69, 9.17) is 4.74 Å². The third-order valence-electron chi connectivity index (χ3n) is 16.7. The van der Waals surface area contributed by atoms with Crippen LogP contribution in [0.25, 0.3) is 0 Å². The van der Waals surface area contributed by atoms with Gasteiger partial charge in [0, 0.05) is 12.8 Å². The van der Waals surface area contributed by atoms with Gasteiger partial charge in [-0.05, 0) is 25.7 Å². The van der Waals surface area contributed by atoms with Gasteiger partial charge in [0.05, 0.1) is 25.4 Å². The van der Waals surface area contributed by atoms with Crippen molar-refractivity contribution in [2.45, 2.75) is 418 Å². The Kier molecular flexibility index (Phi) is 64.4. The lowest BCUT2D eigenvalue weighted by molar-refractivity contribution is -0.143. The van der Waals surface area contributed by atoms with E-state index in [1.165, 1.54) is 334 Å². The first-order valence-electron chi connectivity index (χ1n) is 34.8. The van der Waals surface area contributed by atoms with E-state index in [-0.39, 0.29) is 18.5 Å². The fourth-order valence-electron chi connectivity index (χ4n) is 11.4. The zero-order valence-electron chi connectivity index (χ0n) is 51.3. The van der Waals surface area contributed by atoms with Crippen molar-refractivity contribution in [3.8, 4) is 0 Å². The number of rotatable bonds is 66. The zero-order valence-corrected chi connectivity index (χ0v) is 51.3. The number of aliphatic hydroxyl groups is 2. The summed E-state index contributed by atoms with van der Waals surface area (Å²) in [5, 5.41) is 23.3. The molecule has 0 aromatic carbocycles. The molecule has 448 valence electrons. The van der Waals surface area contributed by atoms with E-state index in [0.717, 1.165) is 38.5 Å². The fourth-order valence-corrected chi connectivity index (χ4v) is 11.4. The van der Waals surface area contributed by atoms with E-state index in [2.05, 4.69) is 19.2 Å². The molecule has 1 amide bonds. The standard InChI is InChI=1S/C69H137NO5/c1-3-5-7-9-11-13-15-17-18-19-28-32-35-39-43-47-51-55-59-63-69(74)75-64-60-56-52-48-44-40-36-33-30-27-25-23-21-20-22-24-26-29-31-34-38-42-46-50-54-58-62-68(73)70-66(65-71)67(72)61-57-53-49-45-41-37-16-14-12-10-8-6-4-2/h66-67,71-72H,3-65H2,1-2H3,(H,70,73). The Balaban J connectivity index is 3.31. The molecule has 0 saturated carbocycles. The van der Waals surface area contributed by atoms with Crippen LogP contribution in [0.5, 0.6) is 0 Å². The number of hydrogen-bond acceptors (Lipinski definition) is 5. The van der Waals surface area contributed by atoms with Gasteiger partial charge < -0.3 is 20.3 Å². The molecule has 0 rings (SSSR count). The van der Waals surface area contributed by atoms with Crippen LogP contribution in [-0.2, 0) is 14.3 Å². The number of hydrogen-bond donors (Lipinski definition) is 3. The van der Waals surface area contributed by atoms with E-state index in [1.54, 1.807) is 0 Å². The normalized spacial score (nSPS) is 12.4. The van der Waals surface area contributed by atoms with Gasteiger partial charge in [-0.15, -0.1) is 0 Å². The zero-order chi connectivity index (χ0) is 54.3. The molecule has 0 spiro atoms. The molecule has 0 aromatic rings. The van der Waals surface area contributed by atoms with Crippen LogP contribution in [0.4, 0.5) is 0 Å². The molecule has 0 radical (unpaired) electrons. The molecule has 0 aliphatic heterocycles. The molecule has 2 atom stereocenters. The van der Waals surface area contributed by atoms with E-state index in [9.17, 15) is 19.8 Å². The largest absolute Gasteiger partial charge is 0.466 e. The molecule has 0 aliphatic rings. The summed E-state index contributed by atoms with van der Waals surface area (Å²) in [6, 6.07) is -0.538. The molecule has 0 saturated heterocycles. The van der Waals surface area contributed by atoms with Gasteiger partial charge in [0.15, 0.2) is 0 Å². The predicted molar refractivity (Wildman–Crippen MR) is 329 cm³/mol. The summed E-state index contributed by atoms with van der Waals surface area (Å²) in [5.74, 6) is -0.00659. The topological polar surface area (TPSA) is 95.9 Å². The molecule has 75 heavy (non-hydrogen) atoms. The van der Waals surface area contributed by atoms with Gasteiger partial charge in [0.25, 0.3) is 0 Å². The van der Waals surface area contributed by atoms with Crippen molar-refractivity contribution >= 4 is 11.9 Å². The highest BCUT2D eigenvalue weighted by molar-refractivity contribution is 5.76. The lowest BCUT2D eigenvalue weighted by Crippen LogP contribution is -2.45. The van der Waals surface area contributed by atoms with Crippen molar-refractivity contribution in [3.63, 3.8) is 0 Å². The minimum atomic E-state index is -0.661. The van der Waals surface area contributed by atoms with Gasteiger partial charge >= 0.3 is 5.97 Å². The maximum Gasteiger partial charge on any atom is 0.305 e. The molecule has 0 aliphatic carbocycles. The second kappa shape index (κ2) is 65.4. The molecule has 2 unspecified atom stereocenters. The highest BCUT2D eigenvalue weighted by atomic mass is 16.5. The molecule has 0 heterocycles. The summed E-state index contributed by atoms with van der Waals surface area (Å²) < 4.78 is 5.51. The van der Waals surface area contributed by atoms with Crippen LogP contribution in [-0.4, -0.2) is 47.4 Å². The van der Waals surface area contributed by atoms with Crippen LogP contribution < -0.4 is 5.32 Å². The van der Waals surface area contributed by atoms with Crippen LogP contribution >= 0.6 is 0 Å². The number of amides is 1. The van der Waals surface area contributed by atoms with Crippen molar-refractivity contribution in [1.82, 2.24) is 5.32 Å². The van der Waals surface area contributed by atoms with Crippen LogP contribution in [0.2, 0.25) is 0 Å². The van der Waals surface area contributed by atoms with Crippen molar-refractivity contribution in [3.05, 3.63) is 0 Å². The van der Waals surface area contributed by atoms with Crippen molar-refractivity contribution in [2.75, 3.05) is 13.2 Å². The van der Waals surface area contributed by atoms with E-state index >= 15 is 0 Å². The van der Waals surface area contributed by atoms with Crippen molar-refractivity contribution in [2.24, 2.45) is 0 Å². The Morgan fingerprint density at radius 3 is 0.813 bits per heavy atom. The molecular formula is C69H137NO5. The first-order chi connectivity index (χ1) is 37.0. The lowest BCUT2D eigenvalue weighted by atomic mass is 10.0. The van der Waals surface area contributed by atoms with Crippen molar-refractivity contribution in [1.29, 1.82) is 0 Å². The molecule has 6 nitrogen and oxygen atoms in total. The number of aliphatic hydroxyl groups excluding tert-OH is 2. The minimum Gasteiger partial charge on any atom is -0.466 e. The van der Waals surface area contributed by atoms with Crippen LogP contribution in [0, 0.1) is 0 Å². The van der Waals surface area contributed by atoms with E-state index < -0.39 is 12.1 Å². The average Bonchev–Trinajstić information content (AvgIpc) is 3.41. The first-order valence-corrected chi connectivity index (χ1v) is 34.8. The first kappa shape index (κ1) is 73.9. The number of carbonyl (C=O) groups excluding carboxylic acids is 2. The SMILES string of the molecule is CCCCCCCCCCCCCCCCCCCCCC(=O)OCCCCCCCCCCCCCCCCCCCCCCCCCCCCC(=O)NC(CO)C(O)CCCCCCCCCCCCCCC. The summed E-state index contributed by atoms with van der Waals surface area (Å²) in [7, 11) is 0. The summed E-state index contributed by atoms with van der Waals surface area (Å²) in [4.78, 5) is 24.6. The fraction of sp³-hybridized carbons (Fsp3) is 0.971. The summed E-state index contributed by atoms with van der Waals surface area (Å²) in [6.45, 7) is 5.00. The summed E-state index contributed by atoms with van der Waals surface area (Å²) in [6.07, 6.45) is 78.7. The van der Waals surface area contributed by atoms with Crippen LogP contribution in [0.3, 0.4) is 0 Å². The second-order valence-electron chi connectivity index (χ2n) is 24.2. The molecule has 3 N–H and O–H groups in total. The Morgan fingerprint density at radius 2 is 0.547 bits per heavy atom. The minimum absolute atomic E-state index is 0.0233. The summed E-state index contributed by atoms with van der Waals surface area (Å²) >= 11 is 0. The molecule has 0 bridgehead atoms. The van der Waals surface area contributed by atoms with Gasteiger partial charge in [-0.25, -0.2) is 0 Å². The quantitative estimate of drug-likeness (QED) is 0.0417. The molecule has 0 fully saturated rings. The number of nitrogens with one attached hydrogen (secondary N) is 1. The predicted octanol–water partition coefficient (Wildman–Crippen LogP) is 22.2. The van der Waals surface area contributed by atoms with E-state index in [1.807, 2.05) is 0 Å². The number of esters is 1. The number of unbranched alkanes of at least 4 members (excludes halogenated alkanes) is 55. The number of carbonyl (C=O) groups is 2. The molecule has 0 aromatic heterocycles. The third-order valence-corrected chi connectivity index (χ3v) is 16.7. The van der Waals surface area contributed by atoms with Crippen LogP contribution in [0.1, 0.15) is 406 Å². The molecular weight excluding hydrogens is 923 g/mol. The highest BCUT2D eigenvalue weighted by Crippen LogP contribution is 2.19. The summed E-state index contributed by atoms with van der Waals surface area (Å²) in [5.41, 5.74) is 0. The van der Waals surface area contributed by atoms with Gasteiger partial charge in [-0.3, -0.25) is 9.59 Å². The van der Waals surface area contributed by atoms with Gasteiger partial charge in [0.1, 0.15) is 0 Å². The lowest BCUT2D eigenvalue weighted by Gasteiger charge is -2.22. The smallest absolute Gasteiger partial charge is 0.305 e. The van der Waals surface area contributed by atoms with Crippen LogP contribution in [0.15, 0.2) is 0 Å². The Hall–Kier alpha value is -1.14. The average molecular weight is 1060 g/mol.